The lowest BCUT2D eigenvalue weighted by Gasteiger charge is -2.49. The van der Waals surface area contributed by atoms with Gasteiger partial charge in [-0.25, -0.2) is 4.79 Å². The second-order valence-electron chi connectivity index (χ2n) is 11.6. The van der Waals surface area contributed by atoms with Crippen LogP contribution in [0.25, 0.3) is 0 Å². The zero-order chi connectivity index (χ0) is 28.2. The van der Waals surface area contributed by atoms with E-state index in [1.807, 2.05) is 51.1 Å². The van der Waals surface area contributed by atoms with Gasteiger partial charge in [0.1, 0.15) is 6.04 Å². The van der Waals surface area contributed by atoms with E-state index in [0.717, 1.165) is 31.2 Å². The minimum absolute atomic E-state index is 0.218. The summed E-state index contributed by atoms with van der Waals surface area (Å²) in [6.07, 6.45) is 5.58. The first-order chi connectivity index (χ1) is 18.6. The highest BCUT2D eigenvalue weighted by atomic mass is 16.5. The van der Waals surface area contributed by atoms with Crippen molar-refractivity contribution < 1.29 is 23.9 Å². The van der Waals surface area contributed by atoms with Crippen LogP contribution >= 0.6 is 0 Å². The van der Waals surface area contributed by atoms with Crippen molar-refractivity contribution in [3.05, 3.63) is 65.7 Å². The number of esters is 1. The maximum absolute atomic E-state index is 13.9. The van der Waals surface area contributed by atoms with E-state index in [1.54, 1.807) is 24.3 Å². The number of imide groups is 1. The molecule has 39 heavy (non-hydrogen) atoms. The fourth-order valence-electron chi connectivity index (χ4n) is 5.98. The molecule has 4 rings (SSSR count). The number of hydrogen-bond donors (Lipinski definition) is 1. The normalized spacial score (nSPS) is 22.5. The van der Waals surface area contributed by atoms with Gasteiger partial charge >= 0.3 is 5.97 Å². The zero-order valence-electron chi connectivity index (χ0n) is 23.5. The van der Waals surface area contributed by atoms with E-state index < -0.39 is 28.7 Å². The number of anilines is 1. The molecule has 208 valence electrons. The zero-order valence-corrected chi connectivity index (χ0v) is 23.5. The molecule has 2 aromatic rings. The lowest BCUT2D eigenvalue weighted by molar-refractivity contribution is -0.172. The van der Waals surface area contributed by atoms with Crippen LogP contribution in [0.4, 0.5) is 5.69 Å². The molecule has 0 aromatic heterocycles. The minimum Gasteiger partial charge on any atom is -0.462 e. The summed E-state index contributed by atoms with van der Waals surface area (Å²) in [7, 11) is 0. The van der Waals surface area contributed by atoms with Crippen molar-refractivity contribution in [2.24, 2.45) is 16.7 Å². The maximum Gasteiger partial charge on any atom is 0.338 e. The molecule has 3 amide bonds. The topological polar surface area (TPSA) is 92.8 Å². The van der Waals surface area contributed by atoms with E-state index in [2.05, 4.69) is 12.2 Å². The molecule has 0 spiro atoms. The van der Waals surface area contributed by atoms with Gasteiger partial charge in [-0.1, -0.05) is 77.3 Å². The number of fused-ring (bicyclic) bond motifs is 2. The van der Waals surface area contributed by atoms with Crippen LogP contribution < -0.4 is 5.32 Å². The van der Waals surface area contributed by atoms with Crippen LogP contribution in [0.3, 0.4) is 0 Å². The summed E-state index contributed by atoms with van der Waals surface area (Å²) in [5.41, 5.74) is 0.560. The number of unbranched alkanes of at least 4 members (excludes halogenated alkanes) is 3. The molecule has 7 nitrogen and oxygen atoms in total. The van der Waals surface area contributed by atoms with E-state index in [9.17, 15) is 19.2 Å². The first-order valence-corrected chi connectivity index (χ1v) is 14.1. The van der Waals surface area contributed by atoms with Crippen molar-refractivity contribution in [3.63, 3.8) is 0 Å². The van der Waals surface area contributed by atoms with E-state index in [1.165, 1.54) is 4.90 Å². The van der Waals surface area contributed by atoms with Crippen LogP contribution in [-0.2, 0) is 25.5 Å². The first kappa shape index (κ1) is 28.5. The van der Waals surface area contributed by atoms with Gasteiger partial charge in [0.15, 0.2) is 0 Å². The van der Waals surface area contributed by atoms with Gasteiger partial charge in [-0.3, -0.25) is 19.3 Å². The molecule has 7 heteroatoms. The highest BCUT2D eigenvalue weighted by Crippen LogP contribution is 2.60. The lowest BCUT2D eigenvalue weighted by Crippen LogP contribution is -2.64. The van der Waals surface area contributed by atoms with E-state index in [-0.39, 0.29) is 24.2 Å². The Morgan fingerprint density at radius 3 is 2.36 bits per heavy atom. The number of piperidine rings is 1. The third-order valence-electron chi connectivity index (χ3n) is 8.96. The fraction of sp³-hybridized carbons (Fsp3) is 0.500. The van der Waals surface area contributed by atoms with Crippen LogP contribution in [0.1, 0.15) is 82.1 Å². The first-order valence-electron chi connectivity index (χ1n) is 14.1. The molecule has 1 N–H and O–H groups in total. The molecular weight excluding hydrogens is 492 g/mol. The Bertz CT molecular complexity index is 1210. The molecule has 2 aliphatic rings. The van der Waals surface area contributed by atoms with E-state index in [0.29, 0.717) is 30.7 Å². The van der Waals surface area contributed by atoms with Gasteiger partial charge in [-0.2, -0.15) is 0 Å². The molecule has 2 bridgehead atoms. The van der Waals surface area contributed by atoms with Gasteiger partial charge in [-0.05, 0) is 54.5 Å². The van der Waals surface area contributed by atoms with E-state index >= 15 is 0 Å². The number of likely N-dealkylation sites (tertiary alicyclic amines) is 1. The number of carbonyl (C=O) groups excluding carboxylic acids is 4. The Kier molecular flexibility index (Phi) is 8.57. The summed E-state index contributed by atoms with van der Waals surface area (Å²) < 4.78 is 5.35. The molecule has 1 heterocycles. The molecule has 0 radical (unpaired) electrons. The van der Waals surface area contributed by atoms with Gasteiger partial charge < -0.3 is 10.1 Å². The molecule has 3 unspecified atom stereocenters. The van der Waals surface area contributed by atoms with Crippen LogP contribution in [0, 0.1) is 16.7 Å². The van der Waals surface area contributed by atoms with Gasteiger partial charge in [0.2, 0.25) is 17.7 Å². The van der Waals surface area contributed by atoms with Crippen molar-refractivity contribution >= 4 is 29.4 Å². The molecule has 2 fully saturated rings. The third kappa shape index (κ3) is 5.63. The fourth-order valence-corrected chi connectivity index (χ4v) is 5.98. The minimum atomic E-state index is -0.990. The summed E-state index contributed by atoms with van der Waals surface area (Å²) in [4.78, 5) is 54.8. The average Bonchev–Trinajstić information content (AvgIpc) is 3.11. The quantitative estimate of drug-likeness (QED) is 0.225. The Balaban J connectivity index is 1.51. The van der Waals surface area contributed by atoms with E-state index in [4.69, 9.17) is 4.74 Å². The molecule has 2 aromatic carbocycles. The van der Waals surface area contributed by atoms with Gasteiger partial charge in [0, 0.05) is 18.0 Å². The van der Waals surface area contributed by atoms with Crippen molar-refractivity contribution in [2.75, 3.05) is 11.9 Å². The molecule has 1 aliphatic carbocycles. The number of nitrogens with one attached hydrogen (secondary N) is 1. The number of hydrogen-bond acceptors (Lipinski definition) is 5. The summed E-state index contributed by atoms with van der Waals surface area (Å²) >= 11 is 0. The largest absolute Gasteiger partial charge is 0.462 e. The Labute approximate surface area is 231 Å². The number of nitrogens with zero attached hydrogens (tertiary/aromatic N) is 1. The smallest absolute Gasteiger partial charge is 0.338 e. The summed E-state index contributed by atoms with van der Waals surface area (Å²) in [6.45, 7) is 8.41. The third-order valence-corrected chi connectivity index (χ3v) is 8.96. The maximum atomic E-state index is 13.9. The SMILES string of the molecule is CCCCCCOC(=O)c1ccc(NC(=O)C(Cc2ccccc2)N2C(=O)C3CCC(C)(C2=O)C3(C)C)cc1. The van der Waals surface area contributed by atoms with Crippen LogP contribution in [-0.4, -0.2) is 41.2 Å². The molecule has 1 saturated heterocycles. The van der Waals surface area contributed by atoms with Crippen molar-refractivity contribution in [1.29, 1.82) is 0 Å². The van der Waals surface area contributed by atoms with Gasteiger partial charge in [0.05, 0.1) is 17.6 Å². The Morgan fingerprint density at radius 1 is 1.00 bits per heavy atom. The van der Waals surface area contributed by atoms with Gasteiger partial charge in [-0.15, -0.1) is 0 Å². The molecule has 1 saturated carbocycles. The highest BCUT2D eigenvalue weighted by Gasteiger charge is 2.65. The number of amides is 3. The van der Waals surface area contributed by atoms with Crippen molar-refractivity contribution in [3.8, 4) is 0 Å². The summed E-state index contributed by atoms with van der Waals surface area (Å²) in [5, 5.41) is 2.88. The molecule has 3 atom stereocenters. The van der Waals surface area contributed by atoms with Gasteiger partial charge in [0.25, 0.3) is 0 Å². The standard InChI is InChI=1S/C32H40N2O5/c1-5-6-7-11-20-39-29(37)23-14-16-24(17-15-23)33-27(35)26(21-22-12-9-8-10-13-22)34-28(36)25-18-19-32(4,30(34)38)31(25,2)3/h8-10,12-17,25-26H,5-7,11,18-21H2,1-4H3,(H,33,35). The summed E-state index contributed by atoms with van der Waals surface area (Å²) in [6, 6.07) is 14.9. The monoisotopic (exact) mass is 532 g/mol. The van der Waals surface area contributed by atoms with Crippen LogP contribution in [0.15, 0.2) is 54.6 Å². The number of ether oxygens (including phenoxy) is 1. The number of benzene rings is 2. The molecule has 1 aliphatic heterocycles. The predicted molar refractivity (Wildman–Crippen MR) is 150 cm³/mol. The lowest BCUT2D eigenvalue weighted by atomic mass is 9.62. The number of carbonyl (C=O) groups is 4. The average molecular weight is 533 g/mol. The Hall–Kier alpha value is -3.48. The summed E-state index contributed by atoms with van der Waals surface area (Å²) in [5.74, 6) is -1.69. The molecular formula is C32H40N2O5. The second-order valence-corrected chi connectivity index (χ2v) is 11.6. The highest BCUT2D eigenvalue weighted by molar-refractivity contribution is 6.09. The Morgan fingerprint density at radius 2 is 1.69 bits per heavy atom. The van der Waals surface area contributed by atoms with Crippen molar-refractivity contribution in [2.45, 2.75) is 78.7 Å². The second kappa shape index (κ2) is 11.7. The predicted octanol–water partition coefficient (Wildman–Crippen LogP) is 5.78. The number of rotatable bonds is 11. The van der Waals surface area contributed by atoms with Crippen LogP contribution in [0.2, 0.25) is 0 Å². The van der Waals surface area contributed by atoms with Crippen LogP contribution in [0.5, 0.6) is 0 Å². The van der Waals surface area contributed by atoms with Crippen molar-refractivity contribution in [1.82, 2.24) is 4.90 Å².